The van der Waals surface area contributed by atoms with Crippen LogP contribution in [-0.2, 0) is 5.41 Å². The molecule has 0 saturated carbocycles. The number of hydrogen-bond donors (Lipinski definition) is 1. The topological polar surface area (TPSA) is 20.2 Å². The number of hydrogen-bond acceptors (Lipinski definition) is 1. The zero-order valence-corrected chi connectivity index (χ0v) is 13.2. The molecule has 0 aliphatic heterocycles. The predicted octanol–water partition coefficient (Wildman–Crippen LogP) is 5.03. The van der Waals surface area contributed by atoms with E-state index in [9.17, 15) is 5.11 Å². The molecule has 1 nitrogen and oxygen atoms in total. The van der Waals surface area contributed by atoms with Crippen LogP contribution in [0.15, 0.2) is 42.5 Å². The SMILES string of the molecule is Cc1cc(Cl)cc(C(O)c2ccc(C(C)(C)C)cc2)c1. The summed E-state index contributed by atoms with van der Waals surface area (Å²) >= 11 is 6.06. The normalized spacial score (nSPS) is 13.3. The van der Waals surface area contributed by atoms with Crippen molar-refractivity contribution in [3.8, 4) is 0 Å². The van der Waals surface area contributed by atoms with Crippen LogP contribution in [0.3, 0.4) is 0 Å². The van der Waals surface area contributed by atoms with Crippen LogP contribution in [0.4, 0.5) is 0 Å². The number of aliphatic hydroxyl groups excluding tert-OH is 1. The molecule has 2 aromatic carbocycles. The van der Waals surface area contributed by atoms with E-state index in [1.54, 1.807) is 0 Å². The maximum absolute atomic E-state index is 10.5. The molecule has 106 valence electrons. The second-order valence-electron chi connectivity index (χ2n) is 6.34. The van der Waals surface area contributed by atoms with Crippen molar-refractivity contribution in [2.24, 2.45) is 0 Å². The summed E-state index contributed by atoms with van der Waals surface area (Å²) in [5.41, 5.74) is 4.16. The van der Waals surface area contributed by atoms with Gasteiger partial charge in [0.15, 0.2) is 0 Å². The van der Waals surface area contributed by atoms with Gasteiger partial charge in [-0.15, -0.1) is 0 Å². The van der Waals surface area contributed by atoms with Crippen molar-refractivity contribution in [3.63, 3.8) is 0 Å². The average Bonchev–Trinajstić information content (AvgIpc) is 2.36. The quantitative estimate of drug-likeness (QED) is 0.822. The Kier molecular flexibility index (Phi) is 4.22. The summed E-state index contributed by atoms with van der Waals surface area (Å²) < 4.78 is 0. The fraction of sp³-hybridized carbons (Fsp3) is 0.333. The molecular weight excluding hydrogens is 268 g/mol. The molecule has 1 atom stereocenters. The van der Waals surface area contributed by atoms with E-state index >= 15 is 0 Å². The summed E-state index contributed by atoms with van der Waals surface area (Å²) in [5.74, 6) is 0. The van der Waals surface area contributed by atoms with Gasteiger partial charge in [-0.25, -0.2) is 0 Å². The first-order valence-electron chi connectivity index (χ1n) is 6.83. The third-order valence-electron chi connectivity index (χ3n) is 3.47. The first-order valence-corrected chi connectivity index (χ1v) is 7.21. The van der Waals surface area contributed by atoms with Crippen molar-refractivity contribution >= 4 is 11.6 Å². The standard InChI is InChI=1S/C18H21ClO/c1-12-9-14(11-16(19)10-12)17(20)13-5-7-15(8-6-13)18(2,3)4/h5-11,17,20H,1-4H3. The molecule has 2 rings (SSSR count). The second-order valence-corrected chi connectivity index (χ2v) is 6.77. The number of halogens is 1. The van der Waals surface area contributed by atoms with Gasteiger partial charge in [0.25, 0.3) is 0 Å². The summed E-state index contributed by atoms with van der Waals surface area (Å²) in [4.78, 5) is 0. The molecule has 0 aliphatic rings. The first-order chi connectivity index (χ1) is 9.27. The van der Waals surface area contributed by atoms with Crippen LogP contribution in [0.5, 0.6) is 0 Å². The lowest BCUT2D eigenvalue weighted by molar-refractivity contribution is 0.220. The Morgan fingerprint density at radius 2 is 1.55 bits per heavy atom. The molecule has 0 radical (unpaired) electrons. The van der Waals surface area contributed by atoms with Gasteiger partial charge in [-0.1, -0.05) is 62.7 Å². The van der Waals surface area contributed by atoms with Gasteiger partial charge in [0.05, 0.1) is 0 Å². The molecule has 0 amide bonds. The van der Waals surface area contributed by atoms with Gasteiger partial charge in [0, 0.05) is 5.02 Å². The van der Waals surface area contributed by atoms with Crippen LogP contribution in [0.2, 0.25) is 5.02 Å². The molecule has 0 saturated heterocycles. The molecule has 0 heterocycles. The van der Waals surface area contributed by atoms with Crippen LogP contribution >= 0.6 is 11.6 Å². The lowest BCUT2D eigenvalue weighted by Gasteiger charge is -2.20. The summed E-state index contributed by atoms with van der Waals surface area (Å²) in [6, 6.07) is 13.8. The van der Waals surface area contributed by atoms with Gasteiger partial charge >= 0.3 is 0 Å². The van der Waals surface area contributed by atoms with Crippen molar-refractivity contribution < 1.29 is 5.11 Å². The molecule has 0 fully saturated rings. The lowest BCUT2D eigenvalue weighted by atomic mass is 9.86. The number of aliphatic hydroxyl groups is 1. The third-order valence-corrected chi connectivity index (χ3v) is 3.69. The molecule has 20 heavy (non-hydrogen) atoms. The molecule has 1 N–H and O–H groups in total. The van der Waals surface area contributed by atoms with Gasteiger partial charge in [0.2, 0.25) is 0 Å². The van der Waals surface area contributed by atoms with Gasteiger partial charge in [-0.2, -0.15) is 0 Å². The Labute approximate surface area is 126 Å². The smallest absolute Gasteiger partial charge is 0.104 e. The van der Waals surface area contributed by atoms with Crippen molar-refractivity contribution in [2.75, 3.05) is 0 Å². The van der Waals surface area contributed by atoms with E-state index in [4.69, 9.17) is 11.6 Å². The largest absolute Gasteiger partial charge is 0.384 e. The lowest BCUT2D eigenvalue weighted by Crippen LogP contribution is -2.11. The van der Waals surface area contributed by atoms with Crippen LogP contribution in [0, 0.1) is 6.92 Å². The molecule has 2 aromatic rings. The summed E-state index contributed by atoms with van der Waals surface area (Å²) in [7, 11) is 0. The van der Waals surface area contributed by atoms with E-state index in [-0.39, 0.29) is 5.41 Å². The molecule has 1 unspecified atom stereocenters. The van der Waals surface area contributed by atoms with Gasteiger partial charge in [-0.05, 0) is 46.7 Å². The zero-order valence-electron chi connectivity index (χ0n) is 12.4. The van der Waals surface area contributed by atoms with Crippen molar-refractivity contribution in [1.29, 1.82) is 0 Å². The van der Waals surface area contributed by atoms with E-state index in [1.807, 2.05) is 37.3 Å². The van der Waals surface area contributed by atoms with Crippen molar-refractivity contribution in [2.45, 2.75) is 39.2 Å². The minimum Gasteiger partial charge on any atom is -0.384 e. The van der Waals surface area contributed by atoms with Gasteiger partial charge in [0.1, 0.15) is 6.10 Å². The monoisotopic (exact) mass is 288 g/mol. The molecule has 0 aliphatic carbocycles. The highest BCUT2D eigenvalue weighted by atomic mass is 35.5. The van der Waals surface area contributed by atoms with Crippen molar-refractivity contribution in [1.82, 2.24) is 0 Å². The van der Waals surface area contributed by atoms with Crippen LogP contribution in [0.25, 0.3) is 0 Å². The molecule has 0 spiro atoms. The van der Waals surface area contributed by atoms with Crippen molar-refractivity contribution in [3.05, 3.63) is 69.7 Å². The number of rotatable bonds is 2. The van der Waals surface area contributed by atoms with Crippen LogP contribution < -0.4 is 0 Å². The molecule has 0 bridgehead atoms. The third kappa shape index (κ3) is 3.41. The highest BCUT2D eigenvalue weighted by molar-refractivity contribution is 6.30. The van der Waals surface area contributed by atoms with E-state index < -0.39 is 6.10 Å². The maximum Gasteiger partial charge on any atom is 0.104 e. The average molecular weight is 289 g/mol. The van der Waals surface area contributed by atoms with Crippen LogP contribution in [0.1, 0.15) is 49.1 Å². The number of benzene rings is 2. The molecular formula is C18H21ClO. The Balaban J connectivity index is 2.31. The summed E-state index contributed by atoms with van der Waals surface area (Å²) in [6.45, 7) is 8.51. The fourth-order valence-electron chi connectivity index (χ4n) is 2.28. The Hall–Kier alpha value is -1.31. The fourth-order valence-corrected chi connectivity index (χ4v) is 2.58. The van der Waals surface area contributed by atoms with E-state index in [1.165, 1.54) is 5.56 Å². The summed E-state index contributed by atoms with van der Waals surface area (Å²) in [5, 5.41) is 11.1. The van der Waals surface area contributed by atoms with Gasteiger partial charge < -0.3 is 5.11 Å². The molecule has 2 heteroatoms. The van der Waals surface area contributed by atoms with Crippen LogP contribution in [-0.4, -0.2) is 5.11 Å². The minimum atomic E-state index is -0.638. The predicted molar refractivity (Wildman–Crippen MR) is 85.4 cm³/mol. The highest BCUT2D eigenvalue weighted by Gasteiger charge is 2.15. The minimum absolute atomic E-state index is 0.121. The second kappa shape index (κ2) is 5.59. The Bertz CT molecular complexity index is 574. The van der Waals surface area contributed by atoms with E-state index in [2.05, 4.69) is 32.9 Å². The van der Waals surface area contributed by atoms with E-state index in [0.29, 0.717) is 5.02 Å². The first kappa shape index (κ1) is 15.1. The Morgan fingerprint density at radius 3 is 2.05 bits per heavy atom. The zero-order chi connectivity index (χ0) is 14.9. The highest BCUT2D eigenvalue weighted by Crippen LogP contribution is 2.28. The maximum atomic E-state index is 10.5. The van der Waals surface area contributed by atoms with E-state index in [0.717, 1.165) is 16.7 Å². The number of aryl methyl sites for hydroxylation is 1. The Morgan fingerprint density at radius 1 is 0.950 bits per heavy atom. The summed E-state index contributed by atoms with van der Waals surface area (Å²) in [6.07, 6.45) is -0.638. The van der Waals surface area contributed by atoms with Gasteiger partial charge in [-0.3, -0.25) is 0 Å². The molecule has 0 aromatic heterocycles.